The molecule has 0 bridgehead atoms. The molecule has 84 valence electrons. The van der Waals surface area contributed by atoms with Gasteiger partial charge in [0.05, 0.1) is 11.8 Å². The van der Waals surface area contributed by atoms with E-state index in [9.17, 15) is 8.78 Å². The van der Waals surface area contributed by atoms with Crippen molar-refractivity contribution in [1.82, 2.24) is 4.98 Å². The molecule has 1 rings (SSSR count). The summed E-state index contributed by atoms with van der Waals surface area (Å²) >= 11 is 0. The maximum Gasteiger partial charge on any atom is 0.269 e. The normalized spacial score (nSPS) is 13.3. The predicted molar refractivity (Wildman–Crippen MR) is 51.0 cm³/mol. The van der Waals surface area contributed by atoms with E-state index in [0.29, 0.717) is 0 Å². The lowest BCUT2D eigenvalue weighted by atomic mass is 10.2. The first-order valence-corrected chi connectivity index (χ1v) is 4.60. The third-order valence-corrected chi connectivity index (χ3v) is 1.64. The van der Waals surface area contributed by atoms with Crippen molar-refractivity contribution < 1.29 is 18.6 Å². The van der Waals surface area contributed by atoms with E-state index >= 15 is 0 Å². The fourth-order valence-corrected chi connectivity index (χ4v) is 1.03. The van der Waals surface area contributed by atoms with Gasteiger partial charge in [-0.1, -0.05) is 6.07 Å². The Hall–Kier alpha value is -1.23. The summed E-state index contributed by atoms with van der Waals surface area (Å²) in [6.07, 6.45) is -4.79. The first-order chi connectivity index (χ1) is 7.00. The molecule has 1 heterocycles. The number of alkyl halides is 2. The fraction of sp³-hybridized carbons (Fsp3) is 0.500. The zero-order valence-electron chi connectivity index (χ0n) is 8.52. The lowest BCUT2D eigenvalue weighted by Gasteiger charge is -2.12. The quantitative estimate of drug-likeness (QED) is 0.840. The molecule has 3 nitrogen and oxygen atoms in total. The highest BCUT2D eigenvalue weighted by Crippen LogP contribution is 2.20. The smallest absolute Gasteiger partial charge is 0.269 e. The van der Waals surface area contributed by atoms with Crippen molar-refractivity contribution in [2.45, 2.75) is 32.5 Å². The third kappa shape index (κ3) is 3.43. The molecular formula is C10H13F2NO2. The van der Waals surface area contributed by atoms with Crippen LogP contribution in [0.15, 0.2) is 18.2 Å². The lowest BCUT2D eigenvalue weighted by molar-refractivity contribution is -0.00856. The van der Waals surface area contributed by atoms with Crippen LogP contribution in [0.2, 0.25) is 0 Å². The van der Waals surface area contributed by atoms with Gasteiger partial charge in [0.25, 0.3) is 6.43 Å². The third-order valence-electron chi connectivity index (χ3n) is 1.64. The molecule has 0 aromatic carbocycles. The number of pyridine rings is 1. The highest BCUT2D eigenvalue weighted by atomic mass is 19.3. The van der Waals surface area contributed by atoms with Crippen LogP contribution in [0.1, 0.15) is 25.6 Å². The number of halogens is 2. The SMILES string of the molecule is CC(C)Oc1cccc(C(O)C(F)F)n1. The second kappa shape index (κ2) is 5.02. The molecule has 5 heteroatoms. The van der Waals surface area contributed by atoms with E-state index in [2.05, 4.69) is 4.98 Å². The maximum absolute atomic E-state index is 12.2. The Morgan fingerprint density at radius 2 is 2.00 bits per heavy atom. The summed E-state index contributed by atoms with van der Waals surface area (Å²) in [4.78, 5) is 3.78. The van der Waals surface area contributed by atoms with Gasteiger partial charge in [-0.2, -0.15) is 0 Å². The minimum absolute atomic E-state index is 0.0804. The molecule has 1 aromatic rings. The number of aliphatic hydroxyl groups excluding tert-OH is 1. The molecule has 1 aromatic heterocycles. The molecule has 1 N–H and O–H groups in total. The summed E-state index contributed by atoms with van der Waals surface area (Å²) in [5, 5.41) is 9.09. The van der Waals surface area contributed by atoms with Crippen LogP contribution < -0.4 is 4.74 Å². The monoisotopic (exact) mass is 217 g/mol. The molecule has 0 fully saturated rings. The Bertz CT molecular complexity index is 318. The van der Waals surface area contributed by atoms with E-state index in [1.165, 1.54) is 12.1 Å². The summed E-state index contributed by atoms with van der Waals surface area (Å²) in [5.41, 5.74) is -0.0804. The zero-order chi connectivity index (χ0) is 11.4. The lowest BCUT2D eigenvalue weighted by Crippen LogP contribution is -2.12. The van der Waals surface area contributed by atoms with Crippen LogP contribution in [0.3, 0.4) is 0 Å². The van der Waals surface area contributed by atoms with Crippen LogP contribution in [0.4, 0.5) is 8.78 Å². The molecule has 0 saturated heterocycles. The van der Waals surface area contributed by atoms with Crippen molar-refractivity contribution in [2.24, 2.45) is 0 Å². The van der Waals surface area contributed by atoms with Crippen molar-refractivity contribution in [3.05, 3.63) is 23.9 Å². The van der Waals surface area contributed by atoms with Crippen LogP contribution in [0.25, 0.3) is 0 Å². The molecular weight excluding hydrogens is 204 g/mol. The van der Waals surface area contributed by atoms with Gasteiger partial charge in [0.2, 0.25) is 5.88 Å². The Morgan fingerprint density at radius 1 is 1.33 bits per heavy atom. The van der Waals surface area contributed by atoms with Crippen molar-refractivity contribution in [3.63, 3.8) is 0 Å². The predicted octanol–water partition coefficient (Wildman–Crippen LogP) is 2.17. The average Bonchev–Trinajstić information content (AvgIpc) is 2.16. The van der Waals surface area contributed by atoms with E-state index in [1.54, 1.807) is 19.9 Å². The second-order valence-electron chi connectivity index (χ2n) is 3.35. The second-order valence-corrected chi connectivity index (χ2v) is 3.35. The number of ether oxygens (including phenoxy) is 1. The molecule has 0 radical (unpaired) electrons. The van der Waals surface area contributed by atoms with Crippen molar-refractivity contribution in [1.29, 1.82) is 0 Å². The minimum Gasteiger partial charge on any atom is -0.475 e. The van der Waals surface area contributed by atoms with Crippen LogP contribution in [0.5, 0.6) is 5.88 Å². The summed E-state index contributed by atoms with van der Waals surface area (Å²) in [7, 11) is 0. The maximum atomic E-state index is 12.2. The minimum atomic E-state index is -2.84. The van der Waals surface area contributed by atoms with Gasteiger partial charge in [-0.3, -0.25) is 0 Å². The molecule has 0 spiro atoms. The molecule has 0 aliphatic heterocycles. The van der Waals surface area contributed by atoms with Crippen molar-refractivity contribution in [2.75, 3.05) is 0 Å². The summed E-state index contributed by atoms with van der Waals surface area (Å²) < 4.78 is 29.6. The van der Waals surface area contributed by atoms with E-state index in [0.717, 1.165) is 0 Å². The van der Waals surface area contributed by atoms with E-state index in [4.69, 9.17) is 9.84 Å². The number of hydrogen-bond acceptors (Lipinski definition) is 3. The number of nitrogens with zero attached hydrogens (tertiary/aromatic N) is 1. The number of rotatable bonds is 4. The van der Waals surface area contributed by atoms with Gasteiger partial charge in [0.15, 0.2) is 6.10 Å². The summed E-state index contributed by atoms with van der Waals surface area (Å²) in [5.74, 6) is 0.238. The van der Waals surface area contributed by atoms with Gasteiger partial charge >= 0.3 is 0 Å². The van der Waals surface area contributed by atoms with Crippen LogP contribution in [-0.2, 0) is 0 Å². The molecule has 15 heavy (non-hydrogen) atoms. The fourth-order valence-electron chi connectivity index (χ4n) is 1.03. The van der Waals surface area contributed by atoms with Gasteiger partial charge in [-0.25, -0.2) is 13.8 Å². The summed E-state index contributed by atoms with van der Waals surface area (Å²) in [6.45, 7) is 3.61. The van der Waals surface area contributed by atoms with Crippen molar-refractivity contribution >= 4 is 0 Å². The summed E-state index contributed by atoms with van der Waals surface area (Å²) in [6, 6.07) is 4.41. The van der Waals surface area contributed by atoms with Gasteiger partial charge in [-0.05, 0) is 19.9 Å². The first kappa shape index (κ1) is 11.8. The molecule has 0 saturated carbocycles. The van der Waals surface area contributed by atoms with E-state index in [1.807, 2.05) is 0 Å². The van der Waals surface area contributed by atoms with Gasteiger partial charge in [-0.15, -0.1) is 0 Å². The molecule has 0 amide bonds. The van der Waals surface area contributed by atoms with Gasteiger partial charge < -0.3 is 9.84 Å². The Kier molecular flexibility index (Phi) is 3.96. The van der Waals surface area contributed by atoms with E-state index < -0.39 is 12.5 Å². The average molecular weight is 217 g/mol. The molecule has 0 aliphatic rings. The highest BCUT2D eigenvalue weighted by Gasteiger charge is 2.20. The standard InChI is InChI=1S/C10H13F2NO2/c1-6(2)15-8-5-3-4-7(13-8)9(14)10(11)12/h3-6,9-10,14H,1-2H3. The Labute approximate surface area is 86.7 Å². The first-order valence-electron chi connectivity index (χ1n) is 4.60. The largest absolute Gasteiger partial charge is 0.475 e. The van der Waals surface area contributed by atoms with Gasteiger partial charge in [0, 0.05) is 6.07 Å². The van der Waals surface area contributed by atoms with Crippen LogP contribution >= 0.6 is 0 Å². The highest BCUT2D eigenvalue weighted by molar-refractivity contribution is 5.17. The molecule has 1 atom stereocenters. The van der Waals surface area contributed by atoms with E-state index in [-0.39, 0.29) is 17.7 Å². The number of aliphatic hydroxyl groups is 1. The Morgan fingerprint density at radius 3 is 2.53 bits per heavy atom. The van der Waals surface area contributed by atoms with Crippen LogP contribution in [-0.4, -0.2) is 22.6 Å². The molecule has 1 unspecified atom stereocenters. The Balaban J connectivity index is 2.82. The topological polar surface area (TPSA) is 42.4 Å². The number of hydrogen-bond donors (Lipinski definition) is 1. The van der Waals surface area contributed by atoms with Crippen molar-refractivity contribution in [3.8, 4) is 5.88 Å². The van der Waals surface area contributed by atoms with Gasteiger partial charge in [0.1, 0.15) is 0 Å². The zero-order valence-corrected chi connectivity index (χ0v) is 8.52. The number of aromatic nitrogens is 1. The van der Waals surface area contributed by atoms with Crippen LogP contribution in [0, 0.1) is 0 Å². The molecule has 0 aliphatic carbocycles.